The number of ether oxygens (including phenoxy) is 1. The second-order valence-corrected chi connectivity index (χ2v) is 4.67. The molecule has 0 fully saturated rings. The zero-order valence-corrected chi connectivity index (χ0v) is 12.6. The topological polar surface area (TPSA) is 115 Å². The number of benzene rings is 1. The van der Waals surface area contributed by atoms with Crippen LogP contribution >= 0.6 is 0 Å². The highest BCUT2D eigenvalue weighted by atomic mass is 16.5. The Bertz CT molecular complexity index is 666. The summed E-state index contributed by atoms with van der Waals surface area (Å²) in [5.41, 5.74) is 0.426. The number of aliphatic carboxylic acids is 1. The Hall–Kier alpha value is -2.90. The second kappa shape index (κ2) is 7.92. The quantitative estimate of drug-likeness (QED) is 0.756. The lowest BCUT2D eigenvalue weighted by atomic mass is 10.2. The SMILES string of the molecule is CCc1nc(COc2ccc(C(=O)NCCC(=O)O)cc2)no1. The Kier molecular flexibility index (Phi) is 5.67. The first-order valence-corrected chi connectivity index (χ1v) is 7.12. The molecule has 0 aliphatic heterocycles. The van der Waals surface area contributed by atoms with Gasteiger partial charge in [-0.25, -0.2) is 0 Å². The van der Waals surface area contributed by atoms with Gasteiger partial charge in [0, 0.05) is 18.5 Å². The lowest BCUT2D eigenvalue weighted by Gasteiger charge is -2.06. The molecule has 2 rings (SSSR count). The van der Waals surface area contributed by atoms with E-state index in [4.69, 9.17) is 14.4 Å². The Labute approximate surface area is 132 Å². The van der Waals surface area contributed by atoms with Crippen LogP contribution in [0.15, 0.2) is 28.8 Å². The molecule has 2 aromatic rings. The maximum Gasteiger partial charge on any atom is 0.305 e. The Morgan fingerprint density at radius 2 is 2.04 bits per heavy atom. The first-order chi connectivity index (χ1) is 11.1. The molecule has 8 nitrogen and oxygen atoms in total. The van der Waals surface area contributed by atoms with Crippen molar-refractivity contribution in [1.82, 2.24) is 15.5 Å². The predicted molar refractivity (Wildman–Crippen MR) is 79.0 cm³/mol. The van der Waals surface area contributed by atoms with E-state index in [0.29, 0.717) is 29.4 Å². The number of hydrogen-bond acceptors (Lipinski definition) is 6. The summed E-state index contributed by atoms with van der Waals surface area (Å²) in [5, 5.41) is 14.8. The van der Waals surface area contributed by atoms with E-state index in [2.05, 4.69) is 15.5 Å². The molecule has 0 unspecified atom stereocenters. The lowest BCUT2D eigenvalue weighted by Crippen LogP contribution is -2.25. The molecule has 0 bridgehead atoms. The molecule has 122 valence electrons. The number of carbonyl (C=O) groups excluding carboxylic acids is 1. The largest absolute Gasteiger partial charge is 0.485 e. The Morgan fingerprint density at radius 3 is 2.65 bits per heavy atom. The first kappa shape index (κ1) is 16.5. The molecule has 0 aliphatic rings. The molecule has 0 aliphatic carbocycles. The van der Waals surface area contributed by atoms with Gasteiger partial charge in [-0.1, -0.05) is 12.1 Å². The van der Waals surface area contributed by atoms with E-state index in [1.807, 2.05) is 6.92 Å². The molecular formula is C15H17N3O5. The van der Waals surface area contributed by atoms with Crippen LogP contribution in [0.4, 0.5) is 0 Å². The Balaban J connectivity index is 1.83. The number of hydrogen-bond donors (Lipinski definition) is 2. The highest BCUT2D eigenvalue weighted by Crippen LogP contribution is 2.13. The van der Waals surface area contributed by atoms with Gasteiger partial charge in [0.05, 0.1) is 6.42 Å². The molecule has 1 heterocycles. The zero-order valence-electron chi connectivity index (χ0n) is 12.6. The number of rotatable bonds is 8. The van der Waals surface area contributed by atoms with Crippen molar-refractivity contribution in [1.29, 1.82) is 0 Å². The molecule has 1 aromatic carbocycles. The van der Waals surface area contributed by atoms with Crippen molar-refractivity contribution >= 4 is 11.9 Å². The molecule has 0 radical (unpaired) electrons. The number of carboxylic acids is 1. The maximum absolute atomic E-state index is 11.8. The van der Waals surface area contributed by atoms with Crippen LogP contribution in [0.5, 0.6) is 5.75 Å². The van der Waals surface area contributed by atoms with Crippen LogP contribution in [0.2, 0.25) is 0 Å². The fourth-order valence-corrected chi connectivity index (χ4v) is 1.73. The highest BCUT2D eigenvalue weighted by Gasteiger charge is 2.08. The van der Waals surface area contributed by atoms with Crippen LogP contribution in [0.1, 0.15) is 35.4 Å². The minimum atomic E-state index is -0.957. The van der Waals surface area contributed by atoms with Crippen LogP contribution in [0.25, 0.3) is 0 Å². The van der Waals surface area contributed by atoms with Crippen LogP contribution < -0.4 is 10.1 Å². The van der Waals surface area contributed by atoms with Gasteiger partial charge in [0.1, 0.15) is 5.75 Å². The third-order valence-electron chi connectivity index (χ3n) is 2.92. The van der Waals surface area contributed by atoms with Crippen molar-refractivity contribution in [2.75, 3.05) is 6.54 Å². The van der Waals surface area contributed by atoms with Gasteiger partial charge in [0.25, 0.3) is 5.91 Å². The van der Waals surface area contributed by atoms with Gasteiger partial charge in [-0.3, -0.25) is 9.59 Å². The van der Waals surface area contributed by atoms with Gasteiger partial charge in [-0.2, -0.15) is 4.98 Å². The summed E-state index contributed by atoms with van der Waals surface area (Å²) >= 11 is 0. The molecule has 2 N–H and O–H groups in total. The number of aromatic nitrogens is 2. The highest BCUT2D eigenvalue weighted by molar-refractivity contribution is 5.94. The molecule has 23 heavy (non-hydrogen) atoms. The minimum Gasteiger partial charge on any atom is -0.485 e. The number of carboxylic acid groups (broad SMARTS) is 1. The van der Waals surface area contributed by atoms with Gasteiger partial charge in [0.15, 0.2) is 6.61 Å². The van der Waals surface area contributed by atoms with Crippen molar-refractivity contribution in [3.05, 3.63) is 41.5 Å². The number of nitrogens with zero attached hydrogens (tertiary/aromatic N) is 2. The van der Waals surface area contributed by atoms with Crippen LogP contribution in [-0.4, -0.2) is 33.7 Å². The van der Waals surface area contributed by atoms with Crippen molar-refractivity contribution in [3.63, 3.8) is 0 Å². The molecule has 0 atom stereocenters. The van der Waals surface area contributed by atoms with Gasteiger partial charge in [-0.15, -0.1) is 0 Å². The summed E-state index contributed by atoms with van der Waals surface area (Å²) in [5.74, 6) is 0.287. The van der Waals surface area contributed by atoms with E-state index >= 15 is 0 Å². The summed E-state index contributed by atoms with van der Waals surface area (Å²) in [4.78, 5) is 26.3. The van der Waals surface area contributed by atoms with Crippen molar-refractivity contribution in [3.8, 4) is 5.75 Å². The standard InChI is InChI=1S/C15H17N3O5/c1-2-13-17-12(18-23-13)9-22-11-5-3-10(4-6-11)15(21)16-8-7-14(19)20/h3-6H,2,7-9H2,1H3,(H,16,21)(H,19,20). The van der Waals surface area contributed by atoms with Crippen LogP contribution in [-0.2, 0) is 17.8 Å². The zero-order chi connectivity index (χ0) is 16.7. The molecule has 8 heteroatoms. The number of carbonyl (C=O) groups is 2. The third kappa shape index (κ3) is 5.10. The minimum absolute atomic E-state index is 0.0873. The average molecular weight is 319 g/mol. The smallest absolute Gasteiger partial charge is 0.305 e. The summed E-state index contributed by atoms with van der Waals surface area (Å²) in [6.07, 6.45) is 0.552. The Morgan fingerprint density at radius 1 is 1.30 bits per heavy atom. The van der Waals surface area contributed by atoms with Crippen LogP contribution in [0.3, 0.4) is 0 Å². The first-order valence-electron chi connectivity index (χ1n) is 7.12. The molecule has 0 saturated heterocycles. The van der Waals surface area contributed by atoms with E-state index < -0.39 is 5.97 Å². The monoisotopic (exact) mass is 319 g/mol. The van der Waals surface area contributed by atoms with E-state index in [-0.39, 0.29) is 25.5 Å². The summed E-state index contributed by atoms with van der Waals surface area (Å²) < 4.78 is 10.5. The lowest BCUT2D eigenvalue weighted by molar-refractivity contribution is -0.136. The van der Waals surface area contributed by atoms with Gasteiger partial charge < -0.3 is 19.7 Å². The van der Waals surface area contributed by atoms with Crippen molar-refractivity contribution < 1.29 is 24.0 Å². The fourth-order valence-electron chi connectivity index (χ4n) is 1.73. The van der Waals surface area contributed by atoms with E-state index in [9.17, 15) is 9.59 Å². The maximum atomic E-state index is 11.8. The molecule has 0 saturated carbocycles. The third-order valence-corrected chi connectivity index (χ3v) is 2.92. The summed E-state index contributed by atoms with van der Waals surface area (Å²) in [7, 11) is 0. The van der Waals surface area contributed by atoms with Gasteiger partial charge in [-0.05, 0) is 24.3 Å². The molecule has 1 amide bonds. The normalized spacial score (nSPS) is 10.3. The fraction of sp³-hybridized carbons (Fsp3) is 0.333. The van der Waals surface area contributed by atoms with Crippen molar-refractivity contribution in [2.24, 2.45) is 0 Å². The van der Waals surface area contributed by atoms with E-state index in [1.165, 1.54) is 0 Å². The average Bonchev–Trinajstić information content (AvgIpc) is 3.01. The second-order valence-electron chi connectivity index (χ2n) is 4.67. The van der Waals surface area contributed by atoms with Gasteiger partial charge >= 0.3 is 5.97 Å². The predicted octanol–water partition coefficient (Wildman–Crippen LogP) is 1.42. The van der Waals surface area contributed by atoms with Crippen molar-refractivity contribution in [2.45, 2.75) is 26.4 Å². The summed E-state index contributed by atoms with van der Waals surface area (Å²) in [6.45, 7) is 2.18. The number of amides is 1. The van der Waals surface area contributed by atoms with Crippen LogP contribution in [0, 0.1) is 0 Å². The summed E-state index contributed by atoms with van der Waals surface area (Å²) in [6, 6.07) is 6.48. The molecule has 1 aromatic heterocycles. The number of nitrogens with one attached hydrogen (secondary N) is 1. The van der Waals surface area contributed by atoms with E-state index in [1.54, 1.807) is 24.3 Å². The van der Waals surface area contributed by atoms with Gasteiger partial charge in [0.2, 0.25) is 11.7 Å². The molecular weight excluding hydrogens is 302 g/mol. The number of aryl methyl sites for hydroxylation is 1. The van der Waals surface area contributed by atoms with E-state index in [0.717, 1.165) is 0 Å². The molecule has 0 spiro atoms.